The van der Waals surface area contributed by atoms with Crippen molar-refractivity contribution >= 4 is 38.8 Å². The summed E-state index contributed by atoms with van der Waals surface area (Å²) in [4.78, 5) is 7.65. The van der Waals surface area contributed by atoms with Crippen LogP contribution in [0.3, 0.4) is 0 Å². The molecule has 10 rings (SSSR count). The molecule has 0 amide bonds. The molecular formula is C39H26N4. The van der Waals surface area contributed by atoms with Crippen molar-refractivity contribution in [2.75, 3.05) is 11.9 Å². The first-order valence-electron chi connectivity index (χ1n) is 14.8. The van der Waals surface area contributed by atoms with Gasteiger partial charge in [-0.05, 0) is 64.7 Å². The topological polar surface area (TPSA) is 26.0 Å². The van der Waals surface area contributed by atoms with Gasteiger partial charge in [0.1, 0.15) is 5.54 Å². The van der Waals surface area contributed by atoms with Gasteiger partial charge in [-0.25, -0.2) is 4.98 Å². The molecule has 1 spiro atoms. The van der Waals surface area contributed by atoms with Gasteiger partial charge in [0, 0.05) is 29.1 Å². The summed E-state index contributed by atoms with van der Waals surface area (Å²) in [5.41, 5.74) is 12.7. The Balaban J connectivity index is 1.38. The molecule has 0 saturated carbocycles. The Hall–Kier alpha value is -5.61. The zero-order valence-electron chi connectivity index (χ0n) is 23.6. The van der Waals surface area contributed by atoms with Crippen LogP contribution in [0.4, 0.5) is 5.95 Å². The van der Waals surface area contributed by atoms with Crippen LogP contribution in [0.25, 0.3) is 55.3 Å². The first-order valence-corrected chi connectivity index (χ1v) is 14.8. The van der Waals surface area contributed by atoms with Gasteiger partial charge in [-0.3, -0.25) is 4.57 Å². The summed E-state index contributed by atoms with van der Waals surface area (Å²) in [6.07, 6.45) is 0. The summed E-state index contributed by atoms with van der Waals surface area (Å²) in [7, 11) is 2.21. The highest BCUT2D eigenvalue weighted by atomic mass is 15.4. The number of hydrogen-bond acceptors (Lipinski definition) is 2. The fourth-order valence-corrected chi connectivity index (χ4v) is 8.02. The van der Waals surface area contributed by atoms with E-state index >= 15 is 0 Å². The molecule has 0 radical (unpaired) electrons. The molecule has 3 heterocycles. The second kappa shape index (κ2) is 8.02. The Labute approximate surface area is 248 Å². The summed E-state index contributed by atoms with van der Waals surface area (Å²) in [5.74, 6) is 0.949. The number of benzene rings is 6. The number of nitrogens with zero attached hydrogens (tertiary/aromatic N) is 4. The smallest absolute Gasteiger partial charge is 0.212 e. The molecule has 4 heteroatoms. The van der Waals surface area contributed by atoms with Crippen LogP contribution in [-0.4, -0.2) is 21.2 Å². The minimum Gasteiger partial charge on any atom is -0.327 e. The molecule has 6 aromatic carbocycles. The lowest BCUT2D eigenvalue weighted by molar-refractivity contribution is 0.577. The molecule has 1 aliphatic heterocycles. The highest BCUT2D eigenvalue weighted by molar-refractivity contribution is 6.09. The number of aromatic nitrogens is 3. The van der Waals surface area contributed by atoms with E-state index in [0.29, 0.717) is 0 Å². The summed E-state index contributed by atoms with van der Waals surface area (Å²) in [6, 6.07) is 50.8. The van der Waals surface area contributed by atoms with E-state index in [2.05, 4.69) is 161 Å². The molecule has 1 aliphatic carbocycles. The van der Waals surface area contributed by atoms with Crippen LogP contribution in [-0.2, 0) is 5.54 Å². The molecule has 4 nitrogen and oxygen atoms in total. The molecule has 0 atom stereocenters. The van der Waals surface area contributed by atoms with Crippen molar-refractivity contribution in [2.45, 2.75) is 5.54 Å². The molecule has 8 aromatic rings. The SMILES string of the molecule is CN1c2nc3ccccc3n2-c2ccc(-n3c4ccccc4c4ccccc43)cc2C12c1ccccc1-c1ccccc12. The van der Waals surface area contributed by atoms with Crippen LogP contribution >= 0.6 is 0 Å². The van der Waals surface area contributed by atoms with Gasteiger partial charge in [0.2, 0.25) is 5.95 Å². The van der Waals surface area contributed by atoms with Gasteiger partial charge in [-0.2, -0.15) is 0 Å². The Bertz CT molecular complexity index is 2340. The maximum Gasteiger partial charge on any atom is 0.212 e. The van der Waals surface area contributed by atoms with E-state index in [0.717, 1.165) is 28.4 Å². The molecule has 0 unspecified atom stereocenters. The third kappa shape index (κ3) is 2.69. The van der Waals surface area contributed by atoms with Crippen LogP contribution in [0.15, 0.2) is 140 Å². The molecule has 0 fully saturated rings. The highest BCUT2D eigenvalue weighted by Crippen LogP contribution is 2.58. The number of hydrogen-bond donors (Lipinski definition) is 0. The van der Waals surface area contributed by atoms with Gasteiger partial charge in [0.15, 0.2) is 0 Å². The first kappa shape index (κ1) is 23.0. The average molecular weight is 551 g/mol. The molecule has 0 N–H and O–H groups in total. The Morgan fingerprint density at radius 1 is 0.512 bits per heavy atom. The third-order valence-electron chi connectivity index (χ3n) is 9.72. The molecule has 2 aromatic heterocycles. The lowest BCUT2D eigenvalue weighted by Gasteiger charge is -2.46. The Morgan fingerprint density at radius 3 is 1.74 bits per heavy atom. The second-order valence-corrected chi connectivity index (χ2v) is 11.7. The molecular weight excluding hydrogens is 524 g/mol. The van der Waals surface area contributed by atoms with Gasteiger partial charge in [0.25, 0.3) is 0 Å². The predicted octanol–water partition coefficient (Wildman–Crippen LogP) is 8.84. The van der Waals surface area contributed by atoms with Crippen molar-refractivity contribution in [3.8, 4) is 22.5 Å². The van der Waals surface area contributed by atoms with Crippen molar-refractivity contribution in [1.29, 1.82) is 0 Å². The van der Waals surface area contributed by atoms with Crippen LogP contribution in [0.2, 0.25) is 0 Å². The van der Waals surface area contributed by atoms with Gasteiger partial charge in [-0.15, -0.1) is 0 Å². The molecule has 0 bridgehead atoms. The van der Waals surface area contributed by atoms with E-state index in [-0.39, 0.29) is 0 Å². The minimum absolute atomic E-state index is 0.547. The maximum absolute atomic E-state index is 5.24. The minimum atomic E-state index is -0.547. The summed E-state index contributed by atoms with van der Waals surface area (Å²) in [5, 5.41) is 2.53. The van der Waals surface area contributed by atoms with Gasteiger partial charge in [-0.1, -0.05) is 97.1 Å². The van der Waals surface area contributed by atoms with E-state index in [1.165, 1.54) is 49.6 Å². The lowest BCUT2D eigenvalue weighted by Crippen LogP contribution is -2.49. The van der Waals surface area contributed by atoms with Crippen LogP contribution in [0.1, 0.15) is 16.7 Å². The maximum atomic E-state index is 5.24. The molecule has 2 aliphatic rings. The van der Waals surface area contributed by atoms with E-state index in [1.54, 1.807) is 0 Å². The zero-order chi connectivity index (χ0) is 28.3. The van der Waals surface area contributed by atoms with Gasteiger partial charge < -0.3 is 9.47 Å². The largest absolute Gasteiger partial charge is 0.327 e. The fourth-order valence-electron chi connectivity index (χ4n) is 8.02. The summed E-state index contributed by atoms with van der Waals surface area (Å²) < 4.78 is 4.77. The fraction of sp³-hybridized carbons (Fsp3) is 0.0513. The van der Waals surface area contributed by atoms with Crippen molar-refractivity contribution in [1.82, 2.24) is 14.1 Å². The number of rotatable bonds is 1. The van der Waals surface area contributed by atoms with Crippen LogP contribution < -0.4 is 4.90 Å². The van der Waals surface area contributed by atoms with Crippen molar-refractivity contribution in [2.24, 2.45) is 0 Å². The molecule has 202 valence electrons. The van der Waals surface area contributed by atoms with E-state index in [9.17, 15) is 0 Å². The van der Waals surface area contributed by atoms with Crippen molar-refractivity contribution in [3.05, 3.63) is 156 Å². The molecule has 0 saturated heterocycles. The highest BCUT2D eigenvalue weighted by Gasteiger charge is 2.52. The monoisotopic (exact) mass is 550 g/mol. The van der Waals surface area contributed by atoms with Crippen molar-refractivity contribution in [3.63, 3.8) is 0 Å². The Kier molecular flexibility index (Phi) is 4.29. The number of imidazole rings is 1. The number of para-hydroxylation sites is 4. The number of fused-ring (bicyclic) bond motifs is 14. The second-order valence-electron chi connectivity index (χ2n) is 11.7. The number of anilines is 1. The average Bonchev–Trinajstić information content (AvgIpc) is 3.71. The lowest BCUT2D eigenvalue weighted by atomic mass is 9.77. The summed E-state index contributed by atoms with van der Waals surface area (Å²) >= 11 is 0. The van der Waals surface area contributed by atoms with Crippen LogP contribution in [0, 0.1) is 0 Å². The zero-order valence-corrected chi connectivity index (χ0v) is 23.6. The van der Waals surface area contributed by atoms with E-state index < -0.39 is 5.54 Å². The van der Waals surface area contributed by atoms with Crippen molar-refractivity contribution < 1.29 is 0 Å². The van der Waals surface area contributed by atoms with Crippen LogP contribution in [0.5, 0.6) is 0 Å². The van der Waals surface area contributed by atoms with Gasteiger partial charge >= 0.3 is 0 Å². The van der Waals surface area contributed by atoms with Gasteiger partial charge in [0.05, 0.1) is 27.8 Å². The first-order chi connectivity index (χ1) is 21.3. The predicted molar refractivity (Wildman–Crippen MR) is 176 cm³/mol. The third-order valence-corrected chi connectivity index (χ3v) is 9.72. The van der Waals surface area contributed by atoms with E-state index in [1.807, 2.05) is 0 Å². The summed E-state index contributed by atoms with van der Waals surface area (Å²) in [6.45, 7) is 0. The Morgan fingerprint density at radius 2 is 1.07 bits per heavy atom. The normalized spacial score (nSPS) is 14.3. The quantitative estimate of drug-likeness (QED) is 0.204. The molecule has 43 heavy (non-hydrogen) atoms. The standard InChI is InChI=1S/C39H26N4/c1-41-38-40-33-18-8-11-21-37(33)43(38)36-23-22-25(42-34-19-9-4-14-28(34)29-15-5-10-20-35(29)42)24-32(36)39(41)30-16-6-2-12-26(30)27-13-3-7-17-31(27)39/h2-24H,1H3. The van der Waals surface area contributed by atoms with E-state index in [4.69, 9.17) is 4.98 Å².